The molecule has 0 aliphatic carbocycles. The molecular formula is C14H30N2S. The topological polar surface area (TPSA) is 29.3 Å². The van der Waals surface area contributed by atoms with Crippen LogP contribution < -0.4 is 5.73 Å². The second-order valence-electron chi connectivity index (χ2n) is 5.44. The summed E-state index contributed by atoms with van der Waals surface area (Å²) in [6, 6.07) is 0.662. The molecule has 2 unspecified atom stereocenters. The molecule has 2 atom stereocenters. The lowest BCUT2D eigenvalue weighted by Crippen LogP contribution is -2.61. The fourth-order valence-electron chi connectivity index (χ4n) is 3.27. The summed E-state index contributed by atoms with van der Waals surface area (Å²) in [7, 11) is 0. The Morgan fingerprint density at radius 1 is 1.24 bits per heavy atom. The van der Waals surface area contributed by atoms with E-state index in [2.05, 4.69) is 44.4 Å². The largest absolute Gasteiger partial charge is 0.329 e. The van der Waals surface area contributed by atoms with E-state index in [9.17, 15) is 0 Å². The molecule has 0 amide bonds. The van der Waals surface area contributed by atoms with E-state index < -0.39 is 0 Å². The van der Waals surface area contributed by atoms with E-state index in [0.717, 1.165) is 11.8 Å². The molecule has 102 valence electrons. The van der Waals surface area contributed by atoms with Crippen LogP contribution in [0.4, 0.5) is 0 Å². The molecule has 17 heavy (non-hydrogen) atoms. The molecule has 1 heterocycles. The van der Waals surface area contributed by atoms with Gasteiger partial charge >= 0.3 is 0 Å². The van der Waals surface area contributed by atoms with Crippen molar-refractivity contribution in [3.63, 3.8) is 0 Å². The monoisotopic (exact) mass is 258 g/mol. The first-order valence-corrected chi connectivity index (χ1v) is 8.24. The third-order valence-corrected chi connectivity index (χ3v) is 5.64. The van der Waals surface area contributed by atoms with Crippen LogP contribution in [0.2, 0.25) is 0 Å². The van der Waals surface area contributed by atoms with Crippen LogP contribution in [0.5, 0.6) is 0 Å². The number of hydrogen-bond donors (Lipinski definition) is 1. The number of rotatable bonds is 6. The number of nitrogens with two attached hydrogens (primary N) is 1. The molecule has 1 fully saturated rings. The SMILES string of the molecule is CCCC(CN)(CCC)N1CCSC(C)C1C. The van der Waals surface area contributed by atoms with Crippen LogP contribution in [0.15, 0.2) is 0 Å². The molecule has 1 aliphatic rings. The predicted octanol–water partition coefficient (Wildman–Crippen LogP) is 3.11. The molecule has 0 radical (unpaired) electrons. The number of nitrogens with zero attached hydrogens (tertiary/aromatic N) is 1. The fourth-order valence-corrected chi connectivity index (χ4v) is 4.37. The van der Waals surface area contributed by atoms with Gasteiger partial charge in [0, 0.05) is 35.7 Å². The maximum Gasteiger partial charge on any atom is 0.0335 e. The van der Waals surface area contributed by atoms with Gasteiger partial charge in [-0.05, 0) is 19.8 Å². The van der Waals surface area contributed by atoms with E-state index in [1.165, 1.54) is 38.0 Å². The highest BCUT2D eigenvalue weighted by molar-refractivity contribution is 8.00. The summed E-state index contributed by atoms with van der Waals surface area (Å²) in [5.74, 6) is 1.26. The first kappa shape index (κ1) is 15.3. The lowest BCUT2D eigenvalue weighted by Gasteiger charge is -2.50. The maximum atomic E-state index is 6.17. The van der Waals surface area contributed by atoms with Gasteiger partial charge < -0.3 is 5.73 Å². The lowest BCUT2D eigenvalue weighted by molar-refractivity contribution is 0.0412. The van der Waals surface area contributed by atoms with Gasteiger partial charge in [-0.15, -0.1) is 0 Å². The van der Waals surface area contributed by atoms with Gasteiger partial charge in [0.15, 0.2) is 0 Å². The van der Waals surface area contributed by atoms with Crippen molar-refractivity contribution in [1.29, 1.82) is 0 Å². The van der Waals surface area contributed by atoms with E-state index in [1.54, 1.807) is 0 Å². The highest BCUT2D eigenvalue weighted by atomic mass is 32.2. The average Bonchev–Trinajstić information content (AvgIpc) is 2.32. The summed E-state index contributed by atoms with van der Waals surface area (Å²) in [6.45, 7) is 11.3. The maximum absolute atomic E-state index is 6.17. The van der Waals surface area contributed by atoms with Crippen LogP contribution in [0.25, 0.3) is 0 Å². The first-order valence-electron chi connectivity index (χ1n) is 7.19. The van der Waals surface area contributed by atoms with Crippen molar-refractivity contribution < 1.29 is 0 Å². The first-order chi connectivity index (χ1) is 8.11. The minimum Gasteiger partial charge on any atom is -0.329 e. The third-order valence-electron chi connectivity index (χ3n) is 4.30. The Kier molecular flexibility index (Phi) is 6.32. The van der Waals surface area contributed by atoms with Crippen molar-refractivity contribution in [2.24, 2.45) is 5.73 Å². The Morgan fingerprint density at radius 2 is 1.82 bits per heavy atom. The molecule has 0 aromatic rings. The molecule has 2 nitrogen and oxygen atoms in total. The van der Waals surface area contributed by atoms with Gasteiger partial charge in [0.25, 0.3) is 0 Å². The second-order valence-corrected chi connectivity index (χ2v) is 6.92. The smallest absolute Gasteiger partial charge is 0.0335 e. The standard InChI is InChI=1S/C14H30N2S/c1-5-7-14(11-15,8-6-2)16-9-10-17-13(4)12(16)3/h12-13H,5-11,15H2,1-4H3. The van der Waals surface area contributed by atoms with Crippen LogP contribution in [-0.4, -0.2) is 40.6 Å². The minimum atomic E-state index is 0.262. The predicted molar refractivity (Wildman–Crippen MR) is 79.7 cm³/mol. The fraction of sp³-hybridized carbons (Fsp3) is 1.00. The van der Waals surface area contributed by atoms with Gasteiger partial charge in [0.05, 0.1) is 0 Å². The normalized spacial score (nSPS) is 27.4. The van der Waals surface area contributed by atoms with E-state index in [-0.39, 0.29) is 5.54 Å². The van der Waals surface area contributed by atoms with Gasteiger partial charge in [0.1, 0.15) is 0 Å². The molecule has 0 spiro atoms. The van der Waals surface area contributed by atoms with Crippen molar-refractivity contribution in [3.8, 4) is 0 Å². The van der Waals surface area contributed by atoms with E-state index in [4.69, 9.17) is 5.73 Å². The lowest BCUT2D eigenvalue weighted by atomic mass is 9.85. The van der Waals surface area contributed by atoms with Crippen LogP contribution in [0.1, 0.15) is 53.4 Å². The van der Waals surface area contributed by atoms with Crippen molar-refractivity contribution >= 4 is 11.8 Å². The van der Waals surface area contributed by atoms with Crippen LogP contribution in [-0.2, 0) is 0 Å². The zero-order chi connectivity index (χ0) is 12.9. The van der Waals surface area contributed by atoms with Crippen molar-refractivity contribution in [3.05, 3.63) is 0 Å². The van der Waals surface area contributed by atoms with Gasteiger partial charge in [-0.3, -0.25) is 4.90 Å². The van der Waals surface area contributed by atoms with Gasteiger partial charge in [-0.1, -0.05) is 33.6 Å². The Labute approximate surface area is 112 Å². The summed E-state index contributed by atoms with van der Waals surface area (Å²) < 4.78 is 0. The Bertz CT molecular complexity index is 214. The van der Waals surface area contributed by atoms with Gasteiger partial charge in [-0.25, -0.2) is 0 Å². The summed E-state index contributed by atoms with van der Waals surface area (Å²) in [5, 5.41) is 0.739. The molecule has 0 saturated carbocycles. The van der Waals surface area contributed by atoms with Crippen molar-refractivity contribution in [2.75, 3.05) is 18.8 Å². The second kappa shape index (κ2) is 7.01. The highest BCUT2D eigenvalue weighted by Gasteiger charge is 2.39. The average molecular weight is 258 g/mol. The van der Waals surface area contributed by atoms with Crippen LogP contribution in [0.3, 0.4) is 0 Å². The molecule has 1 rings (SSSR count). The summed E-state index contributed by atoms with van der Waals surface area (Å²) in [6.07, 6.45) is 4.97. The summed E-state index contributed by atoms with van der Waals surface area (Å²) >= 11 is 2.11. The number of thioether (sulfide) groups is 1. The molecule has 0 aromatic carbocycles. The van der Waals surface area contributed by atoms with Crippen LogP contribution >= 0.6 is 11.8 Å². The Hall–Kier alpha value is 0.270. The zero-order valence-corrected chi connectivity index (χ0v) is 12.9. The number of hydrogen-bond acceptors (Lipinski definition) is 3. The van der Waals surface area contributed by atoms with E-state index in [0.29, 0.717) is 6.04 Å². The van der Waals surface area contributed by atoms with E-state index >= 15 is 0 Å². The molecule has 2 N–H and O–H groups in total. The third kappa shape index (κ3) is 3.39. The van der Waals surface area contributed by atoms with Crippen LogP contribution in [0, 0.1) is 0 Å². The molecular weight excluding hydrogens is 228 g/mol. The molecule has 0 aromatic heterocycles. The quantitative estimate of drug-likeness (QED) is 0.794. The molecule has 3 heteroatoms. The highest BCUT2D eigenvalue weighted by Crippen LogP contribution is 2.34. The molecule has 0 bridgehead atoms. The van der Waals surface area contributed by atoms with Gasteiger partial charge in [0.2, 0.25) is 0 Å². The minimum absolute atomic E-state index is 0.262. The Morgan fingerprint density at radius 3 is 2.29 bits per heavy atom. The van der Waals surface area contributed by atoms with Crippen molar-refractivity contribution in [2.45, 2.75) is 70.2 Å². The van der Waals surface area contributed by atoms with E-state index in [1.807, 2.05) is 0 Å². The Balaban J connectivity index is 2.86. The molecule has 1 saturated heterocycles. The zero-order valence-electron chi connectivity index (χ0n) is 12.0. The van der Waals surface area contributed by atoms with Crippen molar-refractivity contribution in [1.82, 2.24) is 4.90 Å². The summed E-state index contributed by atoms with van der Waals surface area (Å²) in [5.41, 5.74) is 6.43. The summed E-state index contributed by atoms with van der Waals surface area (Å²) in [4.78, 5) is 2.72. The van der Waals surface area contributed by atoms with Gasteiger partial charge in [-0.2, -0.15) is 11.8 Å². The molecule has 1 aliphatic heterocycles.